The predicted molar refractivity (Wildman–Crippen MR) is 91.7 cm³/mol. The van der Waals surface area contributed by atoms with E-state index >= 15 is 0 Å². The Hall–Kier alpha value is -0.0400. The Labute approximate surface area is 133 Å². The molecular formula is C20H38O. The Morgan fingerprint density at radius 2 is 1.29 bits per heavy atom. The third-order valence-corrected chi connectivity index (χ3v) is 5.79. The molecule has 0 bridgehead atoms. The van der Waals surface area contributed by atoms with Gasteiger partial charge in [0.15, 0.2) is 0 Å². The second-order valence-electron chi connectivity index (χ2n) is 7.71. The van der Waals surface area contributed by atoms with Crippen LogP contribution in [0, 0.1) is 5.92 Å². The predicted octanol–water partition coefficient (Wildman–Crippen LogP) is 6.65. The maximum atomic E-state index is 6.74. The molecule has 0 N–H and O–H groups in total. The summed E-state index contributed by atoms with van der Waals surface area (Å²) in [5.74, 6) is 0.863. The van der Waals surface area contributed by atoms with Crippen molar-refractivity contribution in [3.63, 3.8) is 0 Å². The molecule has 0 aromatic carbocycles. The van der Waals surface area contributed by atoms with E-state index in [0.29, 0.717) is 6.10 Å². The fourth-order valence-electron chi connectivity index (χ4n) is 4.83. The molecule has 1 saturated carbocycles. The van der Waals surface area contributed by atoms with Crippen LogP contribution in [0.1, 0.15) is 110 Å². The lowest BCUT2D eigenvalue weighted by molar-refractivity contribution is -0.0599. The molecule has 1 aliphatic heterocycles. The van der Waals surface area contributed by atoms with Gasteiger partial charge in [-0.2, -0.15) is 0 Å². The van der Waals surface area contributed by atoms with Gasteiger partial charge in [0.25, 0.3) is 0 Å². The molecule has 21 heavy (non-hydrogen) atoms. The van der Waals surface area contributed by atoms with Crippen molar-refractivity contribution in [1.29, 1.82) is 0 Å². The molecule has 0 aromatic rings. The van der Waals surface area contributed by atoms with Gasteiger partial charge in [-0.25, -0.2) is 0 Å². The molecule has 1 heteroatoms. The van der Waals surface area contributed by atoms with Crippen LogP contribution in [0.3, 0.4) is 0 Å². The minimum Gasteiger partial charge on any atom is -0.371 e. The largest absolute Gasteiger partial charge is 0.371 e. The molecule has 1 heterocycles. The van der Waals surface area contributed by atoms with E-state index in [1.165, 1.54) is 96.3 Å². The summed E-state index contributed by atoms with van der Waals surface area (Å²) in [6.07, 6.45) is 21.4. The highest BCUT2D eigenvalue weighted by molar-refractivity contribution is 4.93. The van der Waals surface area contributed by atoms with Crippen molar-refractivity contribution in [3.8, 4) is 0 Å². The van der Waals surface area contributed by atoms with Crippen LogP contribution in [0.4, 0.5) is 0 Å². The Bertz CT molecular complexity index is 245. The van der Waals surface area contributed by atoms with E-state index in [1.807, 2.05) is 0 Å². The van der Waals surface area contributed by atoms with Gasteiger partial charge < -0.3 is 4.74 Å². The topological polar surface area (TPSA) is 9.23 Å². The first-order valence-corrected chi connectivity index (χ1v) is 9.97. The molecule has 124 valence electrons. The van der Waals surface area contributed by atoms with E-state index in [1.54, 1.807) is 0 Å². The van der Waals surface area contributed by atoms with Gasteiger partial charge in [0.1, 0.15) is 0 Å². The summed E-state index contributed by atoms with van der Waals surface area (Å²) in [4.78, 5) is 0. The summed E-state index contributed by atoms with van der Waals surface area (Å²) in [5.41, 5.74) is 0.249. The van der Waals surface area contributed by atoms with Crippen molar-refractivity contribution in [2.24, 2.45) is 5.92 Å². The van der Waals surface area contributed by atoms with Crippen LogP contribution in [0.5, 0.6) is 0 Å². The number of ether oxygens (including phenoxy) is 1. The van der Waals surface area contributed by atoms with Crippen LogP contribution >= 0.6 is 0 Å². The first-order chi connectivity index (χ1) is 10.3. The molecule has 1 saturated heterocycles. The quantitative estimate of drug-likeness (QED) is 0.564. The van der Waals surface area contributed by atoms with Gasteiger partial charge in [-0.05, 0) is 38.0 Å². The Morgan fingerprint density at radius 3 is 1.86 bits per heavy atom. The third-order valence-electron chi connectivity index (χ3n) is 5.79. The lowest BCUT2D eigenvalue weighted by Gasteiger charge is -2.29. The minimum absolute atomic E-state index is 0.249. The summed E-state index contributed by atoms with van der Waals surface area (Å²) in [5, 5.41) is 0. The smallest absolute Gasteiger partial charge is 0.0689 e. The Morgan fingerprint density at radius 1 is 0.762 bits per heavy atom. The van der Waals surface area contributed by atoms with E-state index in [2.05, 4.69) is 13.8 Å². The van der Waals surface area contributed by atoms with Gasteiger partial charge in [0.2, 0.25) is 0 Å². The van der Waals surface area contributed by atoms with Gasteiger partial charge in [-0.15, -0.1) is 0 Å². The SMILES string of the molecule is CCCC1(CCC)CC2CCCCCCCCCCC2O1. The molecule has 0 spiro atoms. The fraction of sp³-hybridized carbons (Fsp3) is 1.00. The average molecular weight is 295 g/mol. The maximum absolute atomic E-state index is 6.74. The van der Waals surface area contributed by atoms with Gasteiger partial charge in [0, 0.05) is 0 Å². The third kappa shape index (κ3) is 5.27. The lowest BCUT2D eigenvalue weighted by Crippen LogP contribution is -2.28. The molecule has 2 atom stereocenters. The van der Waals surface area contributed by atoms with E-state index in [-0.39, 0.29) is 5.60 Å². The van der Waals surface area contributed by atoms with Gasteiger partial charge in [-0.1, -0.05) is 78.1 Å². The second kappa shape index (κ2) is 9.18. The van der Waals surface area contributed by atoms with Crippen molar-refractivity contribution in [3.05, 3.63) is 0 Å². The van der Waals surface area contributed by atoms with Crippen molar-refractivity contribution >= 4 is 0 Å². The summed E-state index contributed by atoms with van der Waals surface area (Å²) in [6.45, 7) is 4.65. The molecule has 0 aromatic heterocycles. The molecule has 0 amide bonds. The summed E-state index contributed by atoms with van der Waals surface area (Å²) in [7, 11) is 0. The molecule has 1 aliphatic carbocycles. The zero-order valence-corrected chi connectivity index (χ0v) is 14.7. The van der Waals surface area contributed by atoms with E-state index in [4.69, 9.17) is 4.74 Å². The molecule has 2 unspecified atom stereocenters. The van der Waals surface area contributed by atoms with Crippen LogP contribution < -0.4 is 0 Å². The van der Waals surface area contributed by atoms with Crippen LogP contribution in [-0.2, 0) is 4.74 Å². The van der Waals surface area contributed by atoms with Crippen LogP contribution in [0.15, 0.2) is 0 Å². The maximum Gasteiger partial charge on any atom is 0.0689 e. The second-order valence-corrected chi connectivity index (χ2v) is 7.71. The van der Waals surface area contributed by atoms with Crippen molar-refractivity contribution in [1.82, 2.24) is 0 Å². The Balaban J connectivity index is 1.96. The van der Waals surface area contributed by atoms with E-state index in [9.17, 15) is 0 Å². The van der Waals surface area contributed by atoms with Gasteiger partial charge in [0.05, 0.1) is 11.7 Å². The zero-order valence-electron chi connectivity index (χ0n) is 14.7. The first kappa shape index (κ1) is 17.3. The normalized spacial score (nSPS) is 31.1. The highest BCUT2D eigenvalue weighted by Crippen LogP contribution is 2.45. The fourth-order valence-corrected chi connectivity index (χ4v) is 4.83. The number of fused-ring (bicyclic) bond motifs is 1. The van der Waals surface area contributed by atoms with E-state index < -0.39 is 0 Å². The number of hydrogen-bond donors (Lipinski definition) is 0. The van der Waals surface area contributed by atoms with Crippen molar-refractivity contribution in [2.75, 3.05) is 0 Å². The van der Waals surface area contributed by atoms with Crippen LogP contribution in [0.2, 0.25) is 0 Å². The molecular weight excluding hydrogens is 256 g/mol. The molecule has 0 radical (unpaired) electrons. The molecule has 2 fully saturated rings. The summed E-state index contributed by atoms with van der Waals surface area (Å²) in [6, 6.07) is 0. The first-order valence-electron chi connectivity index (χ1n) is 9.97. The van der Waals surface area contributed by atoms with E-state index in [0.717, 1.165) is 5.92 Å². The standard InChI is InChI=1S/C20H38O/c1-3-15-20(16-4-2)17-18-13-11-9-7-5-6-8-10-12-14-19(18)21-20/h18-19H,3-17H2,1-2H3. The van der Waals surface area contributed by atoms with Gasteiger partial charge >= 0.3 is 0 Å². The number of rotatable bonds is 4. The lowest BCUT2D eigenvalue weighted by atomic mass is 9.82. The summed E-state index contributed by atoms with van der Waals surface area (Å²) < 4.78 is 6.74. The molecule has 2 rings (SSSR count). The molecule has 2 aliphatic rings. The molecule has 1 nitrogen and oxygen atoms in total. The highest BCUT2D eigenvalue weighted by atomic mass is 16.5. The van der Waals surface area contributed by atoms with Crippen LogP contribution in [-0.4, -0.2) is 11.7 Å². The Kier molecular flexibility index (Phi) is 7.57. The minimum atomic E-state index is 0.249. The van der Waals surface area contributed by atoms with Crippen molar-refractivity contribution in [2.45, 2.75) is 122 Å². The average Bonchev–Trinajstić information content (AvgIpc) is 2.78. The van der Waals surface area contributed by atoms with Gasteiger partial charge in [-0.3, -0.25) is 0 Å². The zero-order chi connectivity index (χ0) is 15.0. The summed E-state index contributed by atoms with van der Waals surface area (Å²) >= 11 is 0. The van der Waals surface area contributed by atoms with Crippen LogP contribution in [0.25, 0.3) is 0 Å². The monoisotopic (exact) mass is 294 g/mol. The van der Waals surface area contributed by atoms with Crippen molar-refractivity contribution < 1.29 is 4.74 Å². The highest BCUT2D eigenvalue weighted by Gasteiger charge is 2.44. The number of hydrogen-bond acceptors (Lipinski definition) is 1.